The van der Waals surface area contributed by atoms with Gasteiger partial charge in [0.2, 0.25) is 5.75 Å². The lowest BCUT2D eigenvalue weighted by Crippen LogP contribution is -2.41. The lowest BCUT2D eigenvalue weighted by Gasteiger charge is -2.25. The number of nitrogens with one attached hydrogen (secondary N) is 1. The van der Waals surface area contributed by atoms with Gasteiger partial charge in [0.05, 0.1) is 12.4 Å². The van der Waals surface area contributed by atoms with Crippen LogP contribution in [-0.2, 0) is 14.3 Å². The first-order chi connectivity index (χ1) is 17.3. The smallest absolute Gasteiger partial charge is 0.328 e. The van der Waals surface area contributed by atoms with Crippen LogP contribution in [0.4, 0.5) is 0 Å². The highest BCUT2D eigenvalue weighted by Gasteiger charge is 2.28. The Kier molecular flexibility index (Phi) is 9.46. The van der Waals surface area contributed by atoms with Crippen LogP contribution >= 0.6 is 11.8 Å². The van der Waals surface area contributed by atoms with Crippen molar-refractivity contribution in [1.29, 1.82) is 0 Å². The van der Waals surface area contributed by atoms with Crippen molar-refractivity contribution in [3.63, 3.8) is 0 Å². The van der Waals surface area contributed by atoms with Crippen LogP contribution in [0.1, 0.15) is 42.1 Å². The fourth-order valence-electron chi connectivity index (χ4n) is 3.39. The minimum Gasteiger partial charge on any atom is -0.493 e. The Morgan fingerprint density at radius 2 is 1.58 bits per heavy atom. The molecule has 0 bridgehead atoms. The number of rotatable bonds is 10. The number of benzene rings is 2. The van der Waals surface area contributed by atoms with Gasteiger partial charge in [-0.05, 0) is 31.5 Å². The van der Waals surface area contributed by atoms with Crippen molar-refractivity contribution >= 4 is 29.6 Å². The fourth-order valence-corrected chi connectivity index (χ4v) is 4.54. The third-order valence-electron chi connectivity index (χ3n) is 5.11. The number of esters is 2. The van der Waals surface area contributed by atoms with Crippen LogP contribution in [0.25, 0.3) is 0 Å². The Balaban J connectivity index is 1.72. The van der Waals surface area contributed by atoms with E-state index >= 15 is 0 Å². The molecule has 0 saturated carbocycles. The van der Waals surface area contributed by atoms with Gasteiger partial charge >= 0.3 is 11.9 Å². The second kappa shape index (κ2) is 12.7. The van der Waals surface area contributed by atoms with E-state index in [1.165, 1.54) is 33.2 Å². The predicted molar refractivity (Wildman–Crippen MR) is 136 cm³/mol. The zero-order valence-corrected chi connectivity index (χ0v) is 21.3. The number of methoxy groups -OCH3 is 1. The van der Waals surface area contributed by atoms with Crippen LogP contribution in [0.2, 0.25) is 0 Å². The highest BCUT2D eigenvalue weighted by molar-refractivity contribution is 7.99. The predicted octanol–water partition coefficient (Wildman–Crippen LogP) is 4.60. The molecule has 0 aliphatic rings. The summed E-state index contributed by atoms with van der Waals surface area (Å²) >= 11 is 1.59. The Labute approximate surface area is 214 Å². The largest absolute Gasteiger partial charge is 0.493 e. The Bertz CT molecular complexity index is 1190. The molecule has 0 saturated heterocycles. The monoisotopic (exact) mass is 508 g/mol. The minimum absolute atomic E-state index is 0.123. The van der Waals surface area contributed by atoms with Gasteiger partial charge in [-0.1, -0.05) is 48.5 Å². The van der Waals surface area contributed by atoms with Gasteiger partial charge in [-0.3, -0.25) is 9.59 Å². The van der Waals surface area contributed by atoms with E-state index in [1.54, 1.807) is 11.8 Å². The molecule has 8 nitrogen and oxygen atoms in total. The molecule has 0 aliphatic carbocycles. The first-order valence-corrected chi connectivity index (χ1v) is 12.2. The van der Waals surface area contributed by atoms with Gasteiger partial charge in [0, 0.05) is 24.1 Å². The molecule has 0 spiro atoms. The van der Waals surface area contributed by atoms with Crippen LogP contribution in [0.15, 0.2) is 77.8 Å². The minimum atomic E-state index is -0.990. The average Bonchev–Trinajstić information content (AvgIpc) is 2.88. The number of nitrogens with zero attached hydrogens (tertiary/aromatic N) is 1. The summed E-state index contributed by atoms with van der Waals surface area (Å²) in [6.07, 6.45) is 0.841. The second-order valence-corrected chi connectivity index (χ2v) is 9.10. The average molecular weight is 509 g/mol. The van der Waals surface area contributed by atoms with E-state index < -0.39 is 30.0 Å². The molecule has 1 amide bonds. The molecule has 36 heavy (non-hydrogen) atoms. The van der Waals surface area contributed by atoms with E-state index in [9.17, 15) is 14.4 Å². The Hall–Kier alpha value is -3.85. The molecular formula is C27H28N2O6S. The molecule has 1 N–H and O–H groups in total. The number of hydrogen-bond acceptors (Lipinski definition) is 8. The van der Waals surface area contributed by atoms with Crippen molar-refractivity contribution in [3.05, 3.63) is 84.2 Å². The molecule has 2 aromatic carbocycles. The fraction of sp³-hybridized carbons (Fsp3) is 0.259. The van der Waals surface area contributed by atoms with Gasteiger partial charge in [-0.2, -0.15) is 0 Å². The molecule has 3 aromatic rings. The van der Waals surface area contributed by atoms with Gasteiger partial charge in [0.1, 0.15) is 12.1 Å². The lowest BCUT2D eigenvalue weighted by atomic mass is 10.1. The molecule has 0 fully saturated rings. The summed E-state index contributed by atoms with van der Waals surface area (Å²) in [5.41, 5.74) is 0.828. The number of hydrogen-bond donors (Lipinski definition) is 1. The topological polar surface area (TPSA) is 104 Å². The van der Waals surface area contributed by atoms with Crippen molar-refractivity contribution in [2.24, 2.45) is 0 Å². The number of thioether (sulfide) groups is 1. The zero-order valence-electron chi connectivity index (χ0n) is 20.5. The van der Waals surface area contributed by atoms with Gasteiger partial charge in [-0.15, -0.1) is 11.8 Å². The number of carbonyl (C=O) groups excluding carboxylic acids is 3. The first-order valence-electron chi connectivity index (χ1n) is 11.3. The first kappa shape index (κ1) is 26.7. The molecule has 3 rings (SSSR count). The maximum Gasteiger partial charge on any atom is 0.328 e. The quantitative estimate of drug-likeness (QED) is 0.313. The van der Waals surface area contributed by atoms with Crippen molar-refractivity contribution in [2.45, 2.75) is 43.1 Å². The summed E-state index contributed by atoms with van der Waals surface area (Å²) < 4.78 is 16.1. The zero-order chi connectivity index (χ0) is 26.1. The van der Waals surface area contributed by atoms with Crippen molar-refractivity contribution in [3.8, 4) is 11.5 Å². The number of aromatic nitrogens is 1. The van der Waals surface area contributed by atoms with Crippen LogP contribution < -0.4 is 14.8 Å². The lowest BCUT2D eigenvalue weighted by molar-refractivity contribution is -0.150. The summed E-state index contributed by atoms with van der Waals surface area (Å²) in [7, 11) is 1.38. The number of carbonyl (C=O) groups is 3. The SMILES string of the molecule is COc1ccnc(C(=O)N[C@@H](C)C(=O)O[C@@H](C)[C@H](Sc2ccccc2)c2ccccc2)c1OC(C)=O. The van der Waals surface area contributed by atoms with Crippen LogP contribution in [-0.4, -0.2) is 42.1 Å². The molecule has 188 valence electrons. The van der Waals surface area contributed by atoms with Gasteiger partial charge in [0.25, 0.3) is 5.91 Å². The molecule has 0 radical (unpaired) electrons. The van der Waals surface area contributed by atoms with E-state index in [-0.39, 0.29) is 22.4 Å². The maximum atomic E-state index is 12.9. The summed E-state index contributed by atoms with van der Waals surface area (Å²) in [5, 5.41) is 2.39. The van der Waals surface area contributed by atoms with Crippen LogP contribution in [0.3, 0.4) is 0 Å². The third-order valence-corrected chi connectivity index (χ3v) is 6.57. The molecule has 3 atom stereocenters. The summed E-state index contributed by atoms with van der Waals surface area (Å²) in [4.78, 5) is 42.3. The summed E-state index contributed by atoms with van der Waals surface area (Å²) in [6, 6.07) is 20.1. The number of pyridine rings is 1. The molecule has 0 aliphatic heterocycles. The summed E-state index contributed by atoms with van der Waals surface area (Å²) in [6.45, 7) is 4.54. The third kappa shape index (κ3) is 7.08. The van der Waals surface area contributed by atoms with Gasteiger partial charge < -0.3 is 19.5 Å². The maximum absolute atomic E-state index is 12.9. The van der Waals surface area contributed by atoms with Crippen molar-refractivity contribution in [1.82, 2.24) is 10.3 Å². The Morgan fingerprint density at radius 3 is 2.19 bits per heavy atom. The van der Waals surface area contributed by atoms with Gasteiger partial charge in [0.15, 0.2) is 11.4 Å². The molecule has 1 aromatic heterocycles. The molecule has 9 heteroatoms. The normalized spacial score (nSPS) is 13.1. The van der Waals surface area contributed by atoms with Crippen LogP contribution in [0.5, 0.6) is 11.5 Å². The number of ether oxygens (including phenoxy) is 3. The van der Waals surface area contributed by atoms with E-state index in [4.69, 9.17) is 14.2 Å². The molecule has 1 heterocycles. The van der Waals surface area contributed by atoms with E-state index in [0.717, 1.165) is 10.5 Å². The van der Waals surface area contributed by atoms with E-state index in [2.05, 4.69) is 10.3 Å². The second-order valence-electron chi connectivity index (χ2n) is 7.88. The van der Waals surface area contributed by atoms with Crippen LogP contribution in [0, 0.1) is 0 Å². The molecule has 0 unspecified atom stereocenters. The van der Waals surface area contributed by atoms with Crippen molar-refractivity contribution < 1.29 is 28.6 Å². The highest BCUT2D eigenvalue weighted by Crippen LogP contribution is 2.39. The standard InChI is InChI=1S/C27H28N2O6S/c1-17(29-26(31)23-24(35-19(3)30)22(33-4)15-16-28-23)27(32)34-18(2)25(20-11-7-5-8-12-20)36-21-13-9-6-10-14-21/h5-18,25H,1-4H3,(H,29,31)/t17-,18-,25-/m0/s1. The molecular weight excluding hydrogens is 480 g/mol. The highest BCUT2D eigenvalue weighted by atomic mass is 32.2. The Morgan fingerprint density at radius 1 is 0.944 bits per heavy atom. The summed E-state index contributed by atoms with van der Waals surface area (Å²) in [5.74, 6) is -1.91. The van der Waals surface area contributed by atoms with Crippen molar-refractivity contribution in [2.75, 3.05) is 7.11 Å². The number of amides is 1. The van der Waals surface area contributed by atoms with Gasteiger partial charge in [-0.25, -0.2) is 9.78 Å². The van der Waals surface area contributed by atoms with E-state index in [0.29, 0.717) is 0 Å². The van der Waals surface area contributed by atoms with E-state index in [1.807, 2.05) is 67.6 Å².